The fourth-order valence-electron chi connectivity index (χ4n) is 6.23. The Bertz CT molecular complexity index is 1700. The summed E-state index contributed by atoms with van der Waals surface area (Å²) in [6.45, 7) is 2.18. The van der Waals surface area contributed by atoms with E-state index in [9.17, 15) is 0 Å². The third-order valence-electron chi connectivity index (χ3n) is 7.60. The van der Waals surface area contributed by atoms with Crippen molar-refractivity contribution in [2.75, 3.05) is 0 Å². The molecule has 0 radical (unpaired) electrons. The van der Waals surface area contributed by atoms with Crippen LogP contribution in [0, 0.1) is 6.92 Å². The zero-order chi connectivity index (χ0) is 22.7. The van der Waals surface area contributed by atoms with Gasteiger partial charge in [0.15, 0.2) is 8.07 Å². The molecule has 160 valence electrons. The van der Waals surface area contributed by atoms with Crippen molar-refractivity contribution < 1.29 is 0 Å². The van der Waals surface area contributed by atoms with Gasteiger partial charge in [0.1, 0.15) is 0 Å². The van der Waals surface area contributed by atoms with Crippen molar-refractivity contribution in [2.45, 2.75) is 6.92 Å². The Morgan fingerprint density at radius 1 is 0.441 bits per heavy atom. The molecule has 0 amide bonds. The van der Waals surface area contributed by atoms with Gasteiger partial charge in [0.05, 0.1) is 0 Å². The number of benzene rings is 6. The second kappa shape index (κ2) is 7.28. The van der Waals surface area contributed by atoms with E-state index in [0.29, 0.717) is 0 Å². The fourth-order valence-corrected chi connectivity index (χ4v) is 11.6. The van der Waals surface area contributed by atoms with E-state index in [1.54, 1.807) is 0 Å². The average molecular weight is 449 g/mol. The van der Waals surface area contributed by atoms with Gasteiger partial charge in [0.25, 0.3) is 0 Å². The maximum Gasteiger partial charge on any atom is 0.181 e. The van der Waals surface area contributed by atoms with Gasteiger partial charge in [-0.25, -0.2) is 0 Å². The first kappa shape index (κ1) is 19.5. The molecule has 0 spiro atoms. The lowest BCUT2D eigenvalue weighted by Crippen LogP contribution is -2.73. The molecule has 1 atom stereocenters. The first-order valence-corrected chi connectivity index (χ1v) is 14.0. The van der Waals surface area contributed by atoms with Crippen LogP contribution < -0.4 is 20.7 Å². The molecule has 0 bridgehead atoms. The van der Waals surface area contributed by atoms with Crippen molar-refractivity contribution in [1.82, 2.24) is 0 Å². The summed E-state index contributed by atoms with van der Waals surface area (Å²) >= 11 is 0. The van der Waals surface area contributed by atoms with Gasteiger partial charge in [0.2, 0.25) is 0 Å². The van der Waals surface area contributed by atoms with Crippen LogP contribution in [0.1, 0.15) is 5.56 Å². The van der Waals surface area contributed by atoms with Crippen molar-refractivity contribution in [3.8, 4) is 11.1 Å². The third-order valence-corrected chi connectivity index (χ3v) is 12.5. The van der Waals surface area contributed by atoms with Crippen LogP contribution in [0.4, 0.5) is 0 Å². The number of fused-ring (bicyclic) bond motifs is 8. The molecule has 1 aliphatic rings. The van der Waals surface area contributed by atoms with E-state index in [0.717, 1.165) is 0 Å². The molecule has 1 heteroatoms. The molecule has 0 saturated heterocycles. The summed E-state index contributed by atoms with van der Waals surface area (Å²) in [6, 6.07) is 47.9. The highest BCUT2D eigenvalue weighted by Crippen LogP contribution is 2.39. The van der Waals surface area contributed by atoms with Crippen molar-refractivity contribution in [1.29, 1.82) is 0 Å². The normalized spacial score (nSPS) is 16.5. The highest BCUT2D eigenvalue weighted by atomic mass is 28.3. The van der Waals surface area contributed by atoms with E-state index in [4.69, 9.17) is 0 Å². The molecule has 6 aromatic rings. The molecule has 6 aromatic carbocycles. The Morgan fingerprint density at radius 3 is 1.71 bits per heavy atom. The molecule has 0 saturated carbocycles. The summed E-state index contributed by atoms with van der Waals surface area (Å²) in [7, 11) is -2.53. The first-order valence-electron chi connectivity index (χ1n) is 12.0. The summed E-state index contributed by atoms with van der Waals surface area (Å²) in [5.74, 6) is 0. The first-order chi connectivity index (χ1) is 16.8. The average Bonchev–Trinajstić information content (AvgIpc) is 3.22. The van der Waals surface area contributed by atoms with E-state index in [2.05, 4.69) is 134 Å². The van der Waals surface area contributed by atoms with Crippen molar-refractivity contribution >= 4 is 50.4 Å². The fraction of sp³-hybridized carbons (Fsp3) is 0.0303. The van der Waals surface area contributed by atoms with Crippen LogP contribution in [0.25, 0.3) is 32.7 Å². The molecule has 0 aromatic heterocycles. The maximum atomic E-state index is 2.40. The molecule has 7 rings (SSSR count). The lowest BCUT2D eigenvalue weighted by molar-refractivity contribution is 1.49. The minimum absolute atomic E-state index is 1.30. The van der Waals surface area contributed by atoms with Crippen molar-refractivity contribution in [2.24, 2.45) is 0 Å². The molecule has 0 N–H and O–H groups in total. The van der Waals surface area contributed by atoms with E-state index < -0.39 is 8.07 Å². The molecular weight excluding hydrogens is 424 g/mol. The van der Waals surface area contributed by atoms with Gasteiger partial charge in [-0.15, -0.1) is 0 Å². The Kier molecular flexibility index (Phi) is 4.18. The van der Waals surface area contributed by atoms with Gasteiger partial charge >= 0.3 is 0 Å². The molecule has 0 aliphatic carbocycles. The summed E-state index contributed by atoms with van der Waals surface area (Å²) in [4.78, 5) is 0. The summed E-state index contributed by atoms with van der Waals surface area (Å²) in [5, 5.41) is 11.4. The Hall–Kier alpha value is -3.94. The van der Waals surface area contributed by atoms with Gasteiger partial charge in [-0.2, -0.15) is 0 Å². The molecule has 1 heterocycles. The third kappa shape index (κ3) is 2.48. The largest absolute Gasteiger partial charge is 0.181 e. The zero-order valence-corrected chi connectivity index (χ0v) is 20.1. The minimum atomic E-state index is -2.53. The highest BCUT2D eigenvalue weighted by molar-refractivity contribution is 7.23. The van der Waals surface area contributed by atoms with Crippen LogP contribution in [-0.4, -0.2) is 8.07 Å². The van der Waals surface area contributed by atoms with Gasteiger partial charge in [0, 0.05) is 0 Å². The molecule has 1 aliphatic heterocycles. The van der Waals surface area contributed by atoms with Crippen LogP contribution >= 0.6 is 0 Å². The lowest BCUT2D eigenvalue weighted by atomic mass is 9.93. The van der Waals surface area contributed by atoms with Crippen LogP contribution in [0.5, 0.6) is 0 Å². The Labute approximate surface area is 201 Å². The van der Waals surface area contributed by atoms with Crippen LogP contribution in [0.15, 0.2) is 127 Å². The maximum absolute atomic E-state index is 2.53. The number of rotatable bonds is 2. The van der Waals surface area contributed by atoms with E-state index >= 15 is 0 Å². The number of aryl methyl sites for hydroxylation is 1. The minimum Gasteiger partial charge on any atom is -0.0623 e. The van der Waals surface area contributed by atoms with Crippen molar-refractivity contribution in [3.05, 3.63) is 133 Å². The van der Waals surface area contributed by atoms with Gasteiger partial charge in [-0.3, -0.25) is 0 Å². The van der Waals surface area contributed by atoms with Crippen molar-refractivity contribution in [3.63, 3.8) is 0 Å². The zero-order valence-electron chi connectivity index (χ0n) is 19.1. The van der Waals surface area contributed by atoms with Gasteiger partial charge < -0.3 is 0 Å². The van der Waals surface area contributed by atoms with E-state index in [1.165, 1.54) is 59.0 Å². The second-order valence-corrected chi connectivity index (χ2v) is 13.1. The topological polar surface area (TPSA) is 0 Å². The monoisotopic (exact) mass is 448 g/mol. The summed E-state index contributed by atoms with van der Waals surface area (Å²) < 4.78 is 0. The Morgan fingerprint density at radius 2 is 0.971 bits per heavy atom. The van der Waals surface area contributed by atoms with E-state index in [1.807, 2.05) is 0 Å². The van der Waals surface area contributed by atoms with Gasteiger partial charge in [-0.1, -0.05) is 133 Å². The molecule has 34 heavy (non-hydrogen) atoms. The van der Waals surface area contributed by atoms with E-state index in [-0.39, 0.29) is 0 Å². The quantitative estimate of drug-likeness (QED) is 0.236. The lowest BCUT2D eigenvalue weighted by Gasteiger charge is -2.32. The molecular formula is C33H24Si. The predicted molar refractivity (Wildman–Crippen MR) is 149 cm³/mol. The SMILES string of the molecule is Cc1ccc([Si]2(c3ccccc3)c3ccccc3-c3c2c2ccccc2c2ccccc32)cc1. The van der Waals surface area contributed by atoms with Crippen LogP contribution in [0.3, 0.4) is 0 Å². The highest BCUT2D eigenvalue weighted by Gasteiger charge is 2.50. The number of hydrogen-bond acceptors (Lipinski definition) is 0. The second-order valence-electron chi connectivity index (χ2n) is 9.37. The standard InChI is InChI=1S/C33H24Si/c1-23-19-21-25(22-20-23)34(24-11-3-2-4-12-24)31-18-10-9-17-30(31)32-28-15-7-5-13-26(28)27-14-6-8-16-29(27)33(32)34/h2-22H,1H3. The number of hydrogen-bond donors (Lipinski definition) is 0. The molecule has 0 nitrogen and oxygen atoms in total. The molecule has 1 unspecified atom stereocenters. The van der Waals surface area contributed by atoms with Gasteiger partial charge in [-0.05, 0) is 60.3 Å². The molecule has 0 fully saturated rings. The Balaban J connectivity index is 1.80. The van der Waals surface area contributed by atoms with Crippen LogP contribution in [0.2, 0.25) is 0 Å². The summed E-state index contributed by atoms with van der Waals surface area (Å²) in [6.07, 6.45) is 0. The summed E-state index contributed by atoms with van der Waals surface area (Å²) in [5.41, 5.74) is 4.13. The smallest absolute Gasteiger partial charge is 0.0623 e. The van der Waals surface area contributed by atoms with Crippen LogP contribution in [-0.2, 0) is 0 Å². The predicted octanol–water partition coefficient (Wildman–Crippen LogP) is 5.66.